The van der Waals surface area contributed by atoms with E-state index in [-0.39, 0.29) is 6.10 Å². The third kappa shape index (κ3) is 4.91. The zero-order valence-electron chi connectivity index (χ0n) is 11.4. The molecule has 3 unspecified atom stereocenters. The number of rotatable bonds is 5. The van der Waals surface area contributed by atoms with Gasteiger partial charge in [-0.2, -0.15) is 0 Å². The van der Waals surface area contributed by atoms with Crippen LogP contribution >= 0.6 is 34.2 Å². The fraction of sp³-hybridized carbons (Fsp3) is 0.625. The van der Waals surface area contributed by atoms with Crippen molar-refractivity contribution in [2.24, 2.45) is 11.8 Å². The molecule has 1 aromatic rings. The maximum atomic E-state index is 6.15. The van der Waals surface area contributed by atoms with Crippen LogP contribution in [0.1, 0.15) is 44.3 Å². The van der Waals surface area contributed by atoms with Crippen LogP contribution in [-0.4, -0.2) is 11.0 Å². The topological polar surface area (TPSA) is 9.23 Å². The molecule has 1 fully saturated rings. The van der Waals surface area contributed by atoms with E-state index in [4.69, 9.17) is 16.3 Å². The second-order valence-electron chi connectivity index (χ2n) is 5.67. The predicted octanol–water partition coefficient (Wildman–Crippen LogP) is 5.66. The van der Waals surface area contributed by atoms with Gasteiger partial charge in [0.1, 0.15) is 0 Å². The summed E-state index contributed by atoms with van der Waals surface area (Å²) in [5, 5.41) is 0.794. The monoisotopic (exact) mass is 392 g/mol. The van der Waals surface area contributed by atoms with Gasteiger partial charge in [-0.15, -0.1) is 0 Å². The molecule has 3 heteroatoms. The summed E-state index contributed by atoms with van der Waals surface area (Å²) in [6, 6.07) is 8.05. The molecule has 0 spiro atoms. The summed E-state index contributed by atoms with van der Waals surface area (Å²) in [4.78, 5) is 0. The summed E-state index contributed by atoms with van der Waals surface area (Å²) in [6.45, 7) is 3.25. The van der Waals surface area contributed by atoms with Crippen LogP contribution in [0.25, 0.3) is 0 Å². The molecule has 1 saturated carbocycles. The fourth-order valence-corrected chi connectivity index (χ4v) is 3.86. The van der Waals surface area contributed by atoms with E-state index in [2.05, 4.69) is 35.6 Å². The van der Waals surface area contributed by atoms with Crippen molar-refractivity contribution in [3.05, 3.63) is 34.9 Å². The number of halogens is 2. The average molecular weight is 393 g/mol. The SMILES string of the molecule is CC1CCCC(COC(CI)c2cccc(Cl)c2)C1. The van der Waals surface area contributed by atoms with E-state index in [0.717, 1.165) is 27.9 Å². The van der Waals surface area contributed by atoms with Crippen molar-refractivity contribution in [3.8, 4) is 0 Å². The molecule has 1 nitrogen and oxygen atoms in total. The van der Waals surface area contributed by atoms with E-state index in [1.807, 2.05) is 18.2 Å². The Balaban J connectivity index is 1.89. The Labute approximate surface area is 135 Å². The highest BCUT2D eigenvalue weighted by Crippen LogP contribution is 2.31. The minimum Gasteiger partial charge on any atom is -0.372 e. The van der Waals surface area contributed by atoms with E-state index >= 15 is 0 Å². The fourth-order valence-electron chi connectivity index (χ4n) is 2.90. The first-order chi connectivity index (χ1) is 9.19. The lowest BCUT2D eigenvalue weighted by Crippen LogP contribution is -2.20. The first-order valence-electron chi connectivity index (χ1n) is 7.12. The summed E-state index contributed by atoms with van der Waals surface area (Å²) in [5.74, 6) is 1.61. The van der Waals surface area contributed by atoms with Crippen molar-refractivity contribution in [1.29, 1.82) is 0 Å². The Morgan fingerprint density at radius 3 is 2.95 bits per heavy atom. The largest absolute Gasteiger partial charge is 0.372 e. The first kappa shape index (κ1) is 15.6. The molecule has 1 aliphatic carbocycles. The molecule has 106 valence electrons. The van der Waals surface area contributed by atoms with E-state index in [1.165, 1.54) is 31.2 Å². The number of hydrogen-bond acceptors (Lipinski definition) is 1. The summed E-state index contributed by atoms with van der Waals surface area (Å²) in [5.41, 5.74) is 1.20. The normalized spacial score (nSPS) is 25.2. The van der Waals surface area contributed by atoms with Gasteiger partial charge in [0.05, 0.1) is 12.7 Å². The van der Waals surface area contributed by atoms with Gasteiger partial charge in [0.25, 0.3) is 0 Å². The quantitative estimate of drug-likeness (QED) is 0.464. The number of hydrogen-bond donors (Lipinski definition) is 0. The van der Waals surface area contributed by atoms with Gasteiger partial charge in [0.2, 0.25) is 0 Å². The Morgan fingerprint density at radius 1 is 1.42 bits per heavy atom. The third-order valence-electron chi connectivity index (χ3n) is 3.94. The van der Waals surface area contributed by atoms with Crippen molar-refractivity contribution < 1.29 is 4.74 Å². The maximum Gasteiger partial charge on any atom is 0.0914 e. The molecule has 0 aliphatic heterocycles. The van der Waals surface area contributed by atoms with Crippen molar-refractivity contribution >= 4 is 34.2 Å². The van der Waals surface area contributed by atoms with Crippen LogP contribution < -0.4 is 0 Å². The minimum absolute atomic E-state index is 0.177. The minimum atomic E-state index is 0.177. The van der Waals surface area contributed by atoms with E-state index in [1.54, 1.807) is 0 Å². The summed E-state index contributed by atoms with van der Waals surface area (Å²) < 4.78 is 7.13. The summed E-state index contributed by atoms with van der Waals surface area (Å²) in [7, 11) is 0. The Bertz CT molecular complexity index is 396. The molecule has 0 heterocycles. The van der Waals surface area contributed by atoms with Gasteiger partial charge in [-0.1, -0.05) is 66.1 Å². The highest BCUT2D eigenvalue weighted by atomic mass is 127. The van der Waals surface area contributed by atoms with E-state index in [9.17, 15) is 0 Å². The molecule has 0 N–H and O–H groups in total. The Kier molecular flexibility index (Phi) is 6.43. The average Bonchev–Trinajstić information content (AvgIpc) is 2.40. The standard InChI is InChI=1S/C16H22ClIO/c1-12-4-2-5-13(8-12)11-19-16(10-18)14-6-3-7-15(17)9-14/h3,6-7,9,12-13,16H,2,4-5,8,10-11H2,1H3. The lowest BCUT2D eigenvalue weighted by Gasteiger charge is -2.28. The number of benzene rings is 1. The van der Waals surface area contributed by atoms with Crippen LogP contribution in [-0.2, 0) is 4.74 Å². The number of ether oxygens (including phenoxy) is 1. The molecule has 0 aromatic heterocycles. The zero-order valence-corrected chi connectivity index (χ0v) is 14.4. The van der Waals surface area contributed by atoms with Gasteiger partial charge >= 0.3 is 0 Å². The molecule has 0 bridgehead atoms. The Morgan fingerprint density at radius 2 is 2.26 bits per heavy atom. The highest BCUT2D eigenvalue weighted by molar-refractivity contribution is 14.1. The molecule has 0 radical (unpaired) electrons. The van der Waals surface area contributed by atoms with Crippen molar-refractivity contribution in [1.82, 2.24) is 0 Å². The lowest BCUT2D eigenvalue weighted by atomic mass is 9.83. The molecule has 1 aliphatic rings. The molecule has 0 saturated heterocycles. The highest BCUT2D eigenvalue weighted by Gasteiger charge is 2.20. The van der Waals surface area contributed by atoms with Crippen LogP contribution in [0.5, 0.6) is 0 Å². The van der Waals surface area contributed by atoms with Gasteiger partial charge in [0.15, 0.2) is 0 Å². The predicted molar refractivity (Wildman–Crippen MR) is 90.2 cm³/mol. The molecule has 1 aromatic carbocycles. The summed E-state index contributed by atoms with van der Waals surface area (Å²) >= 11 is 8.45. The molecule has 19 heavy (non-hydrogen) atoms. The number of alkyl halides is 1. The third-order valence-corrected chi connectivity index (χ3v) is 4.97. The van der Waals surface area contributed by atoms with Gasteiger partial charge < -0.3 is 4.74 Å². The maximum absolute atomic E-state index is 6.15. The van der Waals surface area contributed by atoms with Crippen molar-refractivity contribution in [2.75, 3.05) is 11.0 Å². The molecular weight excluding hydrogens is 371 g/mol. The van der Waals surface area contributed by atoms with Crippen LogP contribution in [0, 0.1) is 11.8 Å². The summed E-state index contributed by atoms with van der Waals surface area (Å²) in [6.07, 6.45) is 5.58. The van der Waals surface area contributed by atoms with Crippen molar-refractivity contribution in [2.45, 2.75) is 38.7 Å². The van der Waals surface area contributed by atoms with Crippen LogP contribution in [0.2, 0.25) is 5.02 Å². The van der Waals surface area contributed by atoms with Gasteiger partial charge in [-0.25, -0.2) is 0 Å². The first-order valence-corrected chi connectivity index (χ1v) is 9.02. The van der Waals surface area contributed by atoms with E-state index in [0.29, 0.717) is 0 Å². The Hall–Kier alpha value is 0.200. The van der Waals surface area contributed by atoms with Crippen LogP contribution in [0.15, 0.2) is 24.3 Å². The second-order valence-corrected chi connectivity index (χ2v) is 6.99. The lowest BCUT2D eigenvalue weighted by molar-refractivity contribution is 0.0289. The molecule has 0 amide bonds. The molecular formula is C16H22ClIO. The second kappa shape index (κ2) is 7.84. The smallest absolute Gasteiger partial charge is 0.0914 e. The van der Waals surface area contributed by atoms with Gasteiger partial charge in [-0.3, -0.25) is 0 Å². The van der Waals surface area contributed by atoms with Crippen LogP contribution in [0.3, 0.4) is 0 Å². The van der Waals surface area contributed by atoms with Gasteiger partial charge in [0, 0.05) is 9.45 Å². The van der Waals surface area contributed by atoms with Crippen molar-refractivity contribution in [3.63, 3.8) is 0 Å². The zero-order chi connectivity index (χ0) is 13.7. The van der Waals surface area contributed by atoms with Crippen LogP contribution in [0.4, 0.5) is 0 Å². The van der Waals surface area contributed by atoms with Gasteiger partial charge in [-0.05, 0) is 42.4 Å². The molecule has 2 rings (SSSR count). The van der Waals surface area contributed by atoms with E-state index < -0.39 is 0 Å². The molecule has 3 atom stereocenters.